The van der Waals surface area contributed by atoms with Gasteiger partial charge in [0.15, 0.2) is 0 Å². The zero-order chi connectivity index (χ0) is 62.3. The number of nitrogens with two attached hydrogens (primary N) is 1. The number of ether oxygens (including phenoxy) is 2. The highest BCUT2D eigenvalue weighted by molar-refractivity contribution is 6.66. The highest BCUT2D eigenvalue weighted by atomic mass is 35.5. The molecule has 6 aliphatic heterocycles. The minimum Gasteiger partial charge on any atom is -0.462 e. The second-order valence-electron chi connectivity index (χ2n) is 24.1. The van der Waals surface area contributed by atoms with Crippen molar-refractivity contribution in [2.75, 3.05) is 89.5 Å². The maximum absolute atomic E-state index is 12.5. The smallest absolute Gasteiger partial charge is 0.318 e. The first kappa shape index (κ1) is 71.2. The molecule has 87 heavy (non-hydrogen) atoms. The minimum absolute atomic E-state index is 0. The lowest BCUT2D eigenvalue weighted by Crippen LogP contribution is -2.55. The van der Waals surface area contributed by atoms with Gasteiger partial charge < -0.3 is 39.7 Å². The monoisotopic (exact) mass is 1210 g/mol. The standard InChI is InChI=1S/C29H37N7O2.C27H36N6O.C6H14.C3H3ClO.C2H7N.CH4/c1-4-26(37)36-16-15-34(18-23(36)12-13-30)28-27-21(2)35(17-22-9-6-5-7-10-22)19-25(27)31-29(32-28)38-20-24-11-8-14-33(24)3;1-20-25-24(18-33(20)17-21-8-4-3-5-9-21)29-27(34-19-23-11-7-14-31(23)2)30-26(25)32-15-6-10-22(16-32)12-13-28;1-5(2)6(3)4;1-2-3(4)5;1-2-3;/h4-7,9-10,21,23-24H,1,8,11-12,14-20H2,2-3H3;3-5,8-9,20,22-23H,6-7,10-12,14-19H2,1-2H3;5-6H,1-4H3;2H,1H2;2-3H2,1H3;1H4/t21?,23-,24-;20?,22-,23-;;;;/m00..../s1. The number of carbonyl (C=O) groups excluding carboxylic acids is 2. The molecule has 10 rings (SSSR count). The number of likely N-dealkylation sites (N-methyl/N-ethyl adjacent to an activating group) is 2. The Hall–Kier alpha value is -6.51. The first-order chi connectivity index (χ1) is 41.4. The molecule has 2 N–H and O–H groups in total. The van der Waals surface area contributed by atoms with E-state index in [0.717, 1.165) is 131 Å². The van der Waals surface area contributed by atoms with E-state index < -0.39 is 5.24 Å². The van der Waals surface area contributed by atoms with E-state index in [1.807, 2.05) is 13.0 Å². The van der Waals surface area contributed by atoms with Crippen LogP contribution < -0.4 is 25.0 Å². The van der Waals surface area contributed by atoms with Crippen LogP contribution in [0.25, 0.3) is 0 Å². The number of benzene rings is 2. The lowest BCUT2D eigenvalue weighted by atomic mass is 9.95. The molecule has 0 radical (unpaired) electrons. The molecule has 6 atom stereocenters. The number of allylic oxidation sites excluding steroid dienone is 1. The van der Waals surface area contributed by atoms with Crippen LogP contribution in [0.15, 0.2) is 86.0 Å². The van der Waals surface area contributed by atoms with Gasteiger partial charge in [-0.2, -0.15) is 30.5 Å². The number of likely N-dealkylation sites (tertiary alicyclic amines) is 2. The number of anilines is 2. The number of fused-ring (bicyclic) bond motifs is 2. The van der Waals surface area contributed by atoms with Crippen LogP contribution in [0.5, 0.6) is 12.0 Å². The van der Waals surface area contributed by atoms with E-state index in [4.69, 9.17) is 46.7 Å². The maximum Gasteiger partial charge on any atom is 0.318 e. The molecule has 2 aromatic carbocycles. The molecule has 0 bridgehead atoms. The van der Waals surface area contributed by atoms with Gasteiger partial charge in [0.1, 0.15) is 24.8 Å². The molecule has 0 aliphatic carbocycles. The predicted molar refractivity (Wildman–Crippen MR) is 350 cm³/mol. The van der Waals surface area contributed by atoms with Gasteiger partial charge in [-0.25, -0.2) is 0 Å². The van der Waals surface area contributed by atoms with Crippen molar-refractivity contribution in [1.29, 1.82) is 10.5 Å². The van der Waals surface area contributed by atoms with Crippen molar-refractivity contribution in [3.63, 3.8) is 0 Å². The molecule has 4 aromatic rings. The fourth-order valence-corrected chi connectivity index (χ4v) is 11.7. The molecule has 4 fully saturated rings. The van der Waals surface area contributed by atoms with Crippen molar-refractivity contribution in [1.82, 2.24) is 44.4 Å². The largest absolute Gasteiger partial charge is 0.462 e. The predicted octanol–water partition coefficient (Wildman–Crippen LogP) is 11.1. The molecule has 4 saturated heterocycles. The van der Waals surface area contributed by atoms with Gasteiger partial charge in [0.25, 0.3) is 0 Å². The molecule has 2 unspecified atom stereocenters. The van der Waals surface area contributed by atoms with Crippen LogP contribution in [0, 0.1) is 40.4 Å². The Bertz CT molecular complexity index is 2860. The van der Waals surface area contributed by atoms with E-state index in [9.17, 15) is 20.1 Å². The van der Waals surface area contributed by atoms with Crippen molar-refractivity contribution in [2.24, 2.45) is 23.5 Å². The Labute approximate surface area is 526 Å². The Balaban J connectivity index is 0.000000259. The van der Waals surface area contributed by atoms with E-state index in [-0.39, 0.29) is 37.9 Å². The van der Waals surface area contributed by atoms with Crippen molar-refractivity contribution < 1.29 is 19.1 Å². The second-order valence-corrected chi connectivity index (χ2v) is 24.5. The summed E-state index contributed by atoms with van der Waals surface area (Å²) in [5.41, 5.74) is 11.8. The minimum atomic E-state index is -0.509. The highest BCUT2D eigenvalue weighted by Crippen LogP contribution is 2.43. The van der Waals surface area contributed by atoms with E-state index in [1.54, 1.807) is 4.90 Å². The number of nitrogens with zero attached hydrogens (tertiary/aromatic N) is 13. The third-order valence-corrected chi connectivity index (χ3v) is 17.6. The first-order valence-electron chi connectivity index (χ1n) is 31.2. The summed E-state index contributed by atoms with van der Waals surface area (Å²) in [5.74, 6) is 3.85. The second kappa shape index (κ2) is 36.1. The Kier molecular flexibility index (Phi) is 29.6. The first-order valence-corrected chi connectivity index (χ1v) is 31.5. The lowest BCUT2D eigenvalue weighted by Gasteiger charge is -2.41. The Morgan fingerprint density at radius 1 is 0.667 bits per heavy atom. The Morgan fingerprint density at radius 2 is 1.10 bits per heavy atom. The number of piperidine rings is 1. The zero-order valence-electron chi connectivity index (χ0n) is 52.9. The summed E-state index contributed by atoms with van der Waals surface area (Å²) >= 11 is 4.71. The molecule has 6 aliphatic rings. The van der Waals surface area contributed by atoms with Gasteiger partial charge in [-0.1, -0.05) is 116 Å². The van der Waals surface area contributed by atoms with Gasteiger partial charge in [0.2, 0.25) is 11.1 Å². The van der Waals surface area contributed by atoms with Gasteiger partial charge in [-0.3, -0.25) is 19.4 Å². The molecular formula is C68H101ClN14O4. The maximum atomic E-state index is 12.5. The van der Waals surface area contributed by atoms with Gasteiger partial charge >= 0.3 is 12.0 Å². The van der Waals surface area contributed by atoms with E-state index in [2.05, 4.69) is 165 Å². The quantitative estimate of drug-likeness (QED) is 0.0772. The van der Waals surface area contributed by atoms with E-state index >= 15 is 0 Å². The van der Waals surface area contributed by atoms with Crippen molar-refractivity contribution in [3.8, 4) is 24.2 Å². The molecule has 8 heterocycles. The van der Waals surface area contributed by atoms with Gasteiger partial charge in [0.05, 0.1) is 36.0 Å². The number of hydrogen-bond donors (Lipinski definition) is 1. The number of nitriles is 2. The lowest BCUT2D eigenvalue weighted by molar-refractivity contribution is -0.128. The molecule has 1 amide bonds. The molecule has 2 aromatic heterocycles. The van der Waals surface area contributed by atoms with Crippen LogP contribution in [-0.4, -0.2) is 153 Å². The van der Waals surface area contributed by atoms with Gasteiger partial charge in [-0.15, -0.1) is 0 Å². The van der Waals surface area contributed by atoms with E-state index in [0.29, 0.717) is 69.3 Å². The van der Waals surface area contributed by atoms with Crippen LogP contribution in [0.3, 0.4) is 0 Å². The van der Waals surface area contributed by atoms with Crippen molar-refractivity contribution in [3.05, 3.63) is 120 Å². The molecule has 0 saturated carbocycles. The average Bonchev–Trinajstić information content (AvgIpc) is 1.84. The summed E-state index contributed by atoms with van der Waals surface area (Å²) in [6.45, 7) is 33.0. The van der Waals surface area contributed by atoms with Gasteiger partial charge in [-0.05, 0) is 139 Å². The van der Waals surface area contributed by atoms with Crippen LogP contribution in [0.1, 0.15) is 153 Å². The number of carbonyl (C=O) groups is 2. The zero-order valence-corrected chi connectivity index (χ0v) is 53.7. The number of rotatable bonds is 17. The van der Waals surface area contributed by atoms with Crippen LogP contribution in [-0.2, 0) is 35.8 Å². The summed E-state index contributed by atoms with van der Waals surface area (Å²) in [6.07, 6.45) is 10.1. The highest BCUT2D eigenvalue weighted by Gasteiger charge is 2.39. The Morgan fingerprint density at radius 3 is 1.49 bits per heavy atom. The normalized spacial score (nSPS) is 21.6. The SMILES string of the molecule is C.C=CC(=O)Cl.C=CC(=O)N1CCN(c2nc(OC[C@@H]3CCCN3C)nc3c2C(C)N(Cc2ccccc2)C3)C[C@@H]1CC#N.CC(C)C(C)C.CC1c2c(nc(OC[C@@H]3CCCN3C)nc2N2CCC[C@@H](CC#N)C2)CN1Cc1ccccc1.CCN. The summed E-state index contributed by atoms with van der Waals surface area (Å²) in [4.78, 5) is 57.7. The summed E-state index contributed by atoms with van der Waals surface area (Å²) in [7, 11) is 4.31. The summed E-state index contributed by atoms with van der Waals surface area (Å²) < 4.78 is 12.4. The molecular weight excluding hydrogens is 1110 g/mol. The fraction of sp³-hybridized carbons (Fsp3) is 0.588. The summed E-state index contributed by atoms with van der Waals surface area (Å²) in [5, 5.41) is 18.2. The van der Waals surface area contributed by atoms with Crippen LogP contribution in [0.2, 0.25) is 0 Å². The number of amides is 1. The topological polar surface area (TPSA) is 200 Å². The third-order valence-electron chi connectivity index (χ3n) is 17.5. The number of aromatic nitrogens is 4. The number of piperazine rings is 1. The third kappa shape index (κ3) is 20.5. The number of hydrogen-bond acceptors (Lipinski definition) is 17. The molecule has 19 heteroatoms. The summed E-state index contributed by atoms with van der Waals surface area (Å²) in [6, 6.07) is 27.6. The average molecular weight is 1210 g/mol. The molecule has 474 valence electrons. The van der Waals surface area contributed by atoms with Crippen LogP contribution >= 0.6 is 11.6 Å². The molecule has 0 spiro atoms. The van der Waals surface area contributed by atoms with Crippen molar-refractivity contribution in [2.45, 2.75) is 164 Å². The van der Waals surface area contributed by atoms with Crippen LogP contribution in [0.4, 0.5) is 11.6 Å². The fourth-order valence-electron chi connectivity index (χ4n) is 11.7. The molecule has 18 nitrogen and oxygen atoms in total. The van der Waals surface area contributed by atoms with Crippen molar-refractivity contribution >= 4 is 34.4 Å². The van der Waals surface area contributed by atoms with Gasteiger partial charge in [0, 0.05) is 101 Å². The van der Waals surface area contributed by atoms with E-state index in [1.165, 1.54) is 35.6 Å². The number of halogens is 1.